The van der Waals surface area contributed by atoms with Gasteiger partial charge in [-0.3, -0.25) is 9.59 Å². The summed E-state index contributed by atoms with van der Waals surface area (Å²) >= 11 is 11.9. The van der Waals surface area contributed by atoms with E-state index < -0.39 is 0 Å². The Hall–Kier alpha value is -1.26. The Labute approximate surface area is 154 Å². The van der Waals surface area contributed by atoms with Gasteiger partial charge in [0.1, 0.15) is 0 Å². The molecule has 1 amide bonds. The quantitative estimate of drug-likeness (QED) is 0.429. The van der Waals surface area contributed by atoms with Gasteiger partial charge in [-0.25, -0.2) is 0 Å². The molecule has 1 aromatic rings. The summed E-state index contributed by atoms with van der Waals surface area (Å²) in [6.45, 7) is 5.19. The summed E-state index contributed by atoms with van der Waals surface area (Å²) < 4.78 is 4.94. The highest BCUT2D eigenvalue weighted by Gasteiger charge is 2.18. The summed E-state index contributed by atoms with van der Waals surface area (Å²) in [5.74, 6) is -0.438. The molecule has 0 atom stereocenters. The van der Waals surface area contributed by atoms with Crippen LogP contribution in [0.4, 0.5) is 0 Å². The van der Waals surface area contributed by atoms with Crippen molar-refractivity contribution < 1.29 is 14.3 Å². The maximum atomic E-state index is 12.7. The zero-order valence-electron chi connectivity index (χ0n) is 14.3. The number of halogens is 2. The smallest absolute Gasteiger partial charge is 0.307 e. The van der Waals surface area contributed by atoms with Gasteiger partial charge in [0.15, 0.2) is 0 Å². The van der Waals surface area contributed by atoms with Crippen LogP contribution in [0.25, 0.3) is 0 Å². The molecule has 6 heteroatoms. The van der Waals surface area contributed by atoms with Crippen LogP contribution in [0.15, 0.2) is 18.2 Å². The summed E-state index contributed by atoms with van der Waals surface area (Å²) in [6.07, 6.45) is 4.41. The van der Waals surface area contributed by atoms with Crippen molar-refractivity contribution in [2.45, 2.75) is 46.0 Å². The average molecular weight is 374 g/mol. The number of hydrogen-bond donors (Lipinski definition) is 0. The van der Waals surface area contributed by atoms with E-state index in [4.69, 9.17) is 27.9 Å². The molecular weight excluding hydrogens is 349 g/mol. The first kappa shape index (κ1) is 20.8. The van der Waals surface area contributed by atoms with Crippen molar-refractivity contribution in [2.75, 3.05) is 19.7 Å². The molecule has 0 aromatic heterocycles. The molecule has 0 heterocycles. The molecule has 0 aliphatic carbocycles. The van der Waals surface area contributed by atoms with Gasteiger partial charge in [0.05, 0.1) is 23.1 Å². The number of hydrogen-bond acceptors (Lipinski definition) is 3. The van der Waals surface area contributed by atoms with Gasteiger partial charge in [0.2, 0.25) is 0 Å². The highest BCUT2D eigenvalue weighted by molar-refractivity contribution is 6.42. The van der Waals surface area contributed by atoms with Crippen molar-refractivity contribution in [2.24, 2.45) is 0 Å². The van der Waals surface area contributed by atoms with Crippen LogP contribution < -0.4 is 0 Å². The van der Waals surface area contributed by atoms with Crippen molar-refractivity contribution in [1.82, 2.24) is 4.90 Å². The second kappa shape index (κ2) is 11.3. The molecule has 0 bridgehead atoms. The molecular formula is C18H25Cl2NO3. The van der Waals surface area contributed by atoms with E-state index in [1.54, 1.807) is 30.0 Å². The summed E-state index contributed by atoms with van der Waals surface area (Å²) in [6, 6.07) is 4.83. The molecule has 1 rings (SSSR count). The minimum atomic E-state index is -0.294. The number of ether oxygens (including phenoxy) is 1. The first-order valence-corrected chi connectivity index (χ1v) is 9.15. The lowest BCUT2D eigenvalue weighted by Gasteiger charge is -2.22. The highest BCUT2D eigenvalue weighted by Crippen LogP contribution is 2.23. The second-order valence-corrected chi connectivity index (χ2v) is 6.35. The molecule has 0 aliphatic rings. The standard InChI is InChI=1S/C18H25Cl2NO3/c1-3-5-6-7-11-21(12-10-17(22)24-4-2)18(23)14-8-9-15(19)16(20)13-14/h8-9,13H,3-7,10-12H2,1-2H3. The van der Waals surface area contributed by atoms with Gasteiger partial charge in [-0.1, -0.05) is 49.4 Å². The largest absolute Gasteiger partial charge is 0.466 e. The number of esters is 1. The third-order valence-electron chi connectivity index (χ3n) is 3.63. The van der Waals surface area contributed by atoms with E-state index in [9.17, 15) is 9.59 Å². The SMILES string of the molecule is CCCCCCN(CCC(=O)OCC)C(=O)c1ccc(Cl)c(Cl)c1. The van der Waals surface area contributed by atoms with Crippen molar-refractivity contribution >= 4 is 35.1 Å². The monoisotopic (exact) mass is 373 g/mol. The molecule has 0 spiro atoms. The fourth-order valence-corrected chi connectivity index (χ4v) is 2.61. The van der Waals surface area contributed by atoms with Crippen LogP contribution in [0.3, 0.4) is 0 Å². The Kier molecular flexibility index (Phi) is 9.80. The van der Waals surface area contributed by atoms with Crippen LogP contribution in [0, 0.1) is 0 Å². The molecule has 0 radical (unpaired) electrons. The fraction of sp³-hybridized carbons (Fsp3) is 0.556. The van der Waals surface area contributed by atoms with Gasteiger partial charge in [-0.05, 0) is 31.5 Å². The zero-order chi connectivity index (χ0) is 17.9. The fourth-order valence-electron chi connectivity index (χ4n) is 2.32. The van der Waals surface area contributed by atoms with Gasteiger partial charge in [-0.15, -0.1) is 0 Å². The minimum Gasteiger partial charge on any atom is -0.466 e. The first-order chi connectivity index (χ1) is 11.5. The third-order valence-corrected chi connectivity index (χ3v) is 4.37. The summed E-state index contributed by atoms with van der Waals surface area (Å²) in [4.78, 5) is 26.0. The Morgan fingerprint density at radius 2 is 1.79 bits per heavy atom. The van der Waals surface area contributed by atoms with Crippen molar-refractivity contribution in [3.8, 4) is 0 Å². The van der Waals surface area contributed by atoms with Crippen LogP contribution in [0.1, 0.15) is 56.3 Å². The maximum Gasteiger partial charge on any atom is 0.307 e. The van der Waals surface area contributed by atoms with Gasteiger partial charge in [-0.2, -0.15) is 0 Å². The first-order valence-electron chi connectivity index (χ1n) is 8.39. The average Bonchev–Trinajstić information content (AvgIpc) is 2.56. The molecule has 0 unspecified atom stereocenters. The summed E-state index contributed by atoms with van der Waals surface area (Å²) in [5, 5.41) is 0.757. The molecule has 0 saturated carbocycles. The maximum absolute atomic E-state index is 12.7. The molecule has 0 N–H and O–H groups in total. The zero-order valence-corrected chi connectivity index (χ0v) is 15.8. The Balaban J connectivity index is 2.75. The van der Waals surface area contributed by atoms with Crippen LogP contribution >= 0.6 is 23.2 Å². The minimum absolute atomic E-state index is 0.144. The van der Waals surface area contributed by atoms with Crippen LogP contribution in [-0.4, -0.2) is 36.5 Å². The lowest BCUT2D eigenvalue weighted by molar-refractivity contribution is -0.143. The number of amides is 1. The number of benzene rings is 1. The Morgan fingerprint density at radius 3 is 2.42 bits per heavy atom. The number of carbonyl (C=O) groups is 2. The van der Waals surface area contributed by atoms with E-state index in [0.29, 0.717) is 35.3 Å². The highest BCUT2D eigenvalue weighted by atomic mass is 35.5. The molecule has 0 saturated heterocycles. The molecule has 24 heavy (non-hydrogen) atoms. The van der Waals surface area contributed by atoms with Gasteiger partial charge >= 0.3 is 5.97 Å². The van der Waals surface area contributed by atoms with Gasteiger partial charge in [0, 0.05) is 18.7 Å². The molecule has 1 aromatic carbocycles. The Morgan fingerprint density at radius 1 is 1.04 bits per heavy atom. The number of nitrogens with zero attached hydrogens (tertiary/aromatic N) is 1. The second-order valence-electron chi connectivity index (χ2n) is 5.54. The number of unbranched alkanes of at least 4 members (excludes halogenated alkanes) is 3. The molecule has 0 aliphatic heterocycles. The van der Waals surface area contributed by atoms with Crippen molar-refractivity contribution in [3.63, 3.8) is 0 Å². The molecule has 0 fully saturated rings. The van der Waals surface area contributed by atoms with Gasteiger partial charge < -0.3 is 9.64 Å². The van der Waals surface area contributed by atoms with Crippen LogP contribution in [0.5, 0.6) is 0 Å². The summed E-state index contributed by atoms with van der Waals surface area (Å²) in [7, 11) is 0. The molecule has 134 valence electrons. The van der Waals surface area contributed by atoms with E-state index >= 15 is 0 Å². The van der Waals surface area contributed by atoms with E-state index in [0.717, 1.165) is 25.7 Å². The van der Waals surface area contributed by atoms with E-state index in [2.05, 4.69) is 6.92 Å². The number of carbonyl (C=O) groups excluding carboxylic acids is 2. The topological polar surface area (TPSA) is 46.6 Å². The predicted octanol–water partition coefficient (Wildman–Crippen LogP) is 4.97. The predicted molar refractivity (Wildman–Crippen MR) is 97.8 cm³/mol. The van der Waals surface area contributed by atoms with Crippen LogP contribution in [0.2, 0.25) is 10.0 Å². The van der Waals surface area contributed by atoms with Crippen LogP contribution in [-0.2, 0) is 9.53 Å². The van der Waals surface area contributed by atoms with Gasteiger partial charge in [0.25, 0.3) is 5.91 Å². The lowest BCUT2D eigenvalue weighted by Crippen LogP contribution is -2.34. The third kappa shape index (κ3) is 7.10. The molecule has 4 nitrogen and oxygen atoms in total. The number of rotatable bonds is 10. The van der Waals surface area contributed by atoms with E-state index in [-0.39, 0.29) is 18.3 Å². The van der Waals surface area contributed by atoms with E-state index in [1.165, 1.54) is 0 Å². The Bertz CT molecular complexity index is 549. The lowest BCUT2D eigenvalue weighted by atomic mass is 10.1. The van der Waals surface area contributed by atoms with Crippen molar-refractivity contribution in [3.05, 3.63) is 33.8 Å². The van der Waals surface area contributed by atoms with E-state index in [1.807, 2.05) is 0 Å². The summed E-state index contributed by atoms with van der Waals surface area (Å²) in [5.41, 5.74) is 0.476. The normalized spacial score (nSPS) is 10.5. The van der Waals surface area contributed by atoms with Crippen molar-refractivity contribution in [1.29, 1.82) is 0 Å².